The van der Waals surface area contributed by atoms with Gasteiger partial charge in [-0.15, -0.1) is 0 Å². The summed E-state index contributed by atoms with van der Waals surface area (Å²) in [5.74, 6) is -0.463. The molecule has 0 aliphatic heterocycles. The molecule has 20 heavy (non-hydrogen) atoms. The Morgan fingerprint density at radius 3 is 2.60 bits per heavy atom. The van der Waals surface area contributed by atoms with Crippen molar-refractivity contribution in [3.05, 3.63) is 23.8 Å². The summed E-state index contributed by atoms with van der Waals surface area (Å²) in [5.41, 5.74) is 6.67. The first-order valence-corrected chi connectivity index (χ1v) is 8.23. The second-order valence-corrected chi connectivity index (χ2v) is 7.09. The Kier molecular flexibility index (Phi) is 5.56. The fourth-order valence-electron chi connectivity index (χ4n) is 1.86. The lowest BCUT2D eigenvalue weighted by molar-refractivity contribution is -0.120. The van der Waals surface area contributed by atoms with Crippen molar-refractivity contribution in [3.8, 4) is 0 Å². The van der Waals surface area contributed by atoms with Gasteiger partial charge in [-0.2, -0.15) is 0 Å². The third kappa shape index (κ3) is 3.72. The molecule has 0 saturated heterocycles. The van der Waals surface area contributed by atoms with Gasteiger partial charge < -0.3 is 11.1 Å². The first kappa shape index (κ1) is 16.5. The fourth-order valence-corrected chi connectivity index (χ4v) is 3.37. The molecule has 1 rings (SSSR count). The minimum atomic E-state index is -3.69. The summed E-state index contributed by atoms with van der Waals surface area (Å²) in [6.45, 7) is 5.58. The lowest BCUT2D eigenvalue weighted by Gasteiger charge is -2.15. The maximum Gasteiger partial charge on any atom is 0.238 e. The van der Waals surface area contributed by atoms with Crippen LogP contribution in [0.3, 0.4) is 0 Å². The van der Waals surface area contributed by atoms with Crippen LogP contribution in [-0.2, 0) is 14.6 Å². The van der Waals surface area contributed by atoms with Crippen LogP contribution in [0.25, 0.3) is 0 Å². The number of rotatable bonds is 6. The second kappa shape index (κ2) is 6.74. The summed E-state index contributed by atoms with van der Waals surface area (Å²) in [5, 5.41) is 1.54. The maximum atomic E-state index is 12.4. The van der Waals surface area contributed by atoms with E-state index in [2.05, 4.69) is 5.32 Å². The number of amides is 1. The molecule has 0 bridgehead atoms. The van der Waals surface area contributed by atoms with Gasteiger partial charge in [0.25, 0.3) is 0 Å². The van der Waals surface area contributed by atoms with E-state index in [0.717, 1.165) is 12.8 Å². The van der Waals surface area contributed by atoms with Crippen LogP contribution in [0.15, 0.2) is 23.1 Å². The van der Waals surface area contributed by atoms with E-state index in [1.54, 1.807) is 13.0 Å². The maximum absolute atomic E-state index is 12.4. The monoisotopic (exact) mass is 298 g/mol. The number of benzene rings is 1. The Hall–Kier alpha value is -1.56. The number of unbranched alkanes of at least 4 members (excludes halogenated alkanes) is 1. The molecule has 0 aliphatic carbocycles. The van der Waals surface area contributed by atoms with Crippen molar-refractivity contribution < 1.29 is 13.2 Å². The molecule has 5 nitrogen and oxygen atoms in total. The number of hydrogen-bond acceptors (Lipinski definition) is 4. The van der Waals surface area contributed by atoms with Gasteiger partial charge in [0.15, 0.2) is 9.84 Å². The zero-order chi connectivity index (χ0) is 15.3. The number of sulfone groups is 1. The first-order chi connectivity index (χ1) is 9.30. The van der Waals surface area contributed by atoms with Crippen LogP contribution in [0.5, 0.6) is 0 Å². The lowest BCUT2D eigenvalue weighted by Crippen LogP contribution is -2.38. The van der Waals surface area contributed by atoms with Gasteiger partial charge >= 0.3 is 0 Å². The largest absolute Gasteiger partial charge is 0.399 e. The van der Waals surface area contributed by atoms with Gasteiger partial charge in [0, 0.05) is 12.2 Å². The van der Waals surface area contributed by atoms with Gasteiger partial charge in [-0.3, -0.25) is 4.79 Å². The van der Waals surface area contributed by atoms with Crippen LogP contribution in [0.1, 0.15) is 32.3 Å². The minimum absolute atomic E-state index is 0.157. The number of carbonyl (C=O) groups is 1. The Morgan fingerprint density at radius 1 is 1.40 bits per heavy atom. The molecule has 0 aromatic heterocycles. The highest BCUT2D eigenvalue weighted by molar-refractivity contribution is 7.92. The normalized spacial score (nSPS) is 12.9. The average molecular weight is 298 g/mol. The van der Waals surface area contributed by atoms with Gasteiger partial charge in [-0.05, 0) is 44.0 Å². The highest BCUT2D eigenvalue weighted by atomic mass is 32.2. The Labute approximate surface area is 120 Å². The summed E-state index contributed by atoms with van der Waals surface area (Å²) in [7, 11) is -3.69. The second-order valence-electron chi connectivity index (χ2n) is 4.86. The summed E-state index contributed by atoms with van der Waals surface area (Å²) in [6.07, 6.45) is 1.78. The van der Waals surface area contributed by atoms with Crippen LogP contribution in [0.2, 0.25) is 0 Å². The van der Waals surface area contributed by atoms with E-state index >= 15 is 0 Å². The molecule has 0 heterocycles. The molecule has 0 fully saturated rings. The molecule has 6 heteroatoms. The molecule has 3 N–H and O–H groups in total. The molecule has 112 valence electrons. The molecule has 1 aromatic carbocycles. The van der Waals surface area contributed by atoms with Crippen LogP contribution in [0.4, 0.5) is 5.69 Å². The van der Waals surface area contributed by atoms with E-state index in [0.29, 0.717) is 17.8 Å². The molecule has 1 aromatic rings. The summed E-state index contributed by atoms with van der Waals surface area (Å²) >= 11 is 0. The molecule has 1 atom stereocenters. The van der Waals surface area contributed by atoms with Crippen molar-refractivity contribution in [2.75, 3.05) is 12.3 Å². The Bertz CT molecular complexity index is 582. The van der Waals surface area contributed by atoms with Crippen LogP contribution < -0.4 is 11.1 Å². The van der Waals surface area contributed by atoms with Crippen molar-refractivity contribution in [2.45, 2.75) is 43.8 Å². The van der Waals surface area contributed by atoms with E-state index in [1.165, 1.54) is 19.1 Å². The first-order valence-electron chi connectivity index (χ1n) is 6.68. The molecule has 0 aliphatic rings. The van der Waals surface area contributed by atoms with Crippen molar-refractivity contribution in [3.63, 3.8) is 0 Å². The average Bonchev–Trinajstić information content (AvgIpc) is 2.37. The van der Waals surface area contributed by atoms with Crippen molar-refractivity contribution in [2.24, 2.45) is 0 Å². The number of carbonyl (C=O) groups excluding carboxylic acids is 1. The standard InChI is InChI=1S/C14H22N2O3S/c1-4-5-8-16-14(17)11(3)20(18,19)13-7-6-12(15)9-10(13)2/h6-7,9,11H,4-5,8,15H2,1-3H3,(H,16,17). The number of anilines is 1. The zero-order valence-electron chi connectivity index (χ0n) is 12.1. The molecule has 1 unspecified atom stereocenters. The van der Waals surface area contributed by atoms with Gasteiger partial charge in [0.2, 0.25) is 5.91 Å². The van der Waals surface area contributed by atoms with Crippen molar-refractivity contribution in [1.82, 2.24) is 5.32 Å². The quantitative estimate of drug-likeness (QED) is 0.617. The molecule has 1 amide bonds. The highest BCUT2D eigenvalue weighted by Gasteiger charge is 2.30. The third-order valence-corrected chi connectivity index (χ3v) is 5.39. The predicted molar refractivity (Wildman–Crippen MR) is 80.2 cm³/mol. The molecular weight excluding hydrogens is 276 g/mol. The van der Waals surface area contributed by atoms with Gasteiger partial charge in [0.1, 0.15) is 5.25 Å². The van der Waals surface area contributed by atoms with Crippen molar-refractivity contribution in [1.29, 1.82) is 0 Å². The number of hydrogen-bond donors (Lipinski definition) is 2. The van der Waals surface area contributed by atoms with E-state index < -0.39 is 21.0 Å². The topological polar surface area (TPSA) is 89.3 Å². The summed E-state index contributed by atoms with van der Waals surface area (Å²) in [6, 6.07) is 4.58. The van der Waals surface area contributed by atoms with Crippen molar-refractivity contribution >= 4 is 21.4 Å². The van der Waals surface area contributed by atoms with Crippen LogP contribution >= 0.6 is 0 Å². The zero-order valence-corrected chi connectivity index (χ0v) is 13.0. The number of nitrogen functional groups attached to an aromatic ring is 1. The van der Waals surface area contributed by atoms with Gasteiger partial charge in [-0.25, -0.2) is 8.42 Å². The van der Waals surface area contributed by atoms with E-state index in [4.69, 9.17) is 5.73 Å². The molecular formula is C14H22N2O3S. The van der Waals surface area contributed by atoms with Gasteiger partial charge in [-0.1, -0.05) is 13.3 Å². The summed E-state index contributed by atoms with van der Waals surface area (Å²) in [4.78, 5) is 12.1. The number of aryl methyl sites for hydroxylation is 1. The molecule has 0 radical (unpaired) electrons. The lowest BCUT2D eigenvalue weighted by atomic mass is 10.2. The van der Waals surface area contributed by atoms with E-state index in [-0.39, 0.29) is 4.90 Å². The third-order valence-electron chi connectivity index (χ3n) is 3.17. The van der Waals surface area contributed by atoms with Crippen LogP contribution in [0, 0.1) is 6.92 Å². The van der Waals surface area contributed by atoms with Crippen LogP contribution in [-0.4, -0.2) is 26.1 Å². The number of nitrogens with two attached hydrogens (primary N) is 1. The minimum Gasteiger partial charge on any atom is -0.399 e. The Balaban J connectivity index is 2.95. The van der Waals surface area contributed by atoms with E-state index in [1.807, 2.05) is 6.92 Å². The smallest absolute Gasteiger partial charge is 0.238 e. The predicted octanol–water partition coefficient (Wildman–Crippen LogP) is 1.66. The van der Waals surface area contributed by atoms with E-state index in [9.17, 15) is 13.2 Å². The Morgan fingerprint density at radius 2 is 2.05 bits per heavy atom. The molecule has 0 spiro atoms. The van der Waals surface area contributed by atoms with Gasteiger partial charge in [0.05, 0.1) is 4.90 Å². The number of nitrogens with one attached hydrogen (secondary N) is 1. The fraction of sp³-hybridized carbons (Fsp3) is 0.500. The summed E-state index contributed by atoms with van der Waals surface area (Å²) < 4.78 is 24.9. The molecule has 0 saturated carbocycles. The SMILES string of the molecule is CCCCNC(=O)C(C)S(=O)(=O)c1ccc(N)cc1C. The highest BCUT2D eigenvalue weighted by Crippen LogP contribution is 2.22.